The van der Waals surface area contributed by atoms with Gasteiger partial charge in [0.25, 0.3) is 0 Å². The number of rotatable bonds is 2. The van der Waals surface area contributed by atoms with Crippen LogP contribution in [0.25, 0.3) is 0 Å². The van der Waals surface area contributed by atoms with E-state index in [2.05, 4.69) is 31.2 Å². The maximum Gasteiger partial charge on any atom is 0.0865 e. The van der Waals surface area contributed by atoms with Crippen molar-refractivity contribution < 1.29 is 4.74 Å². The molecule has 1 aromatic carbocycles. The second-order valence-corrected chi connectivity index (χ2v) is 3.95. The lowest BCUT2D eigenvalue weighted by Gasteiger charge is -2.29. The fourth-order valence-electron chi connectivity index (χ4n) is 2.02. The van der Waals surface area contributed by atoms with E-state index in [9.17, 15) is 0 Å². The zero-order valence-corrected chi connectivity index (χ0v) is 8.57. The molecule has 2 atom stereocenters. The minimum Gasteiger partial charge on any atom is -0.373 e. The predicted molar refractivity (Wildman–Crippen MR) is 57.1 cm³/mol. The Labute approximate surface area is 85.1 Å². The fraction of sp³-hybridized carbons (Fsp3) is 0.500. The molecule has 0 aromatic heterocycles. The smallest absolute Gasteiger partial charge is 0.0865 e. The van der Waals surface area contributed by atoms with Gasteiger partial charge in [-0.15, -0.1) is 0 Å². The van der Waals surface area contributed by atoms with Crippen molar-refractivity contribution in [1.82, 2.24) is 0 Å². The van der Waals surface area contributed by atoms with Crippen LogP contribution in [0.2, 0.25) is 0 Å². The fourth-order valence-corrected chi connectivity index (χ4v) is 2.02. The van der Waals surface area contributed by atoms with E-state index in [1.54, 1.807) is 0 Å². The van der Waals surface area contributed by atoms with Gasteiger partial charge in [-0.1, -0.05) is 31.2 Å². The molecule has 0 bridgehead atoms. The molecule has 2 N–H and O–H groups in total. The zero-order chi connectivity index (χ0) is 9.97. The van der Waals surface area contributed by atoms with Gasteiger partial charge in [-0.05, 0) is 30.0 Å². The number of fused-ring (bicyclic) bond motifs is 1. The highest BCUT2D eigenvalue weighted by molar-refractivity contribution is 5.31. The highest BCUT2D eigenvalue weighted by Gasteiger charge is 2.24. The Balaban J connectivity index is 2.30. The summed E-state index contributed by atoms with van der Waals surface area (Å²) in [6.45, 7) is 3.65. The van der Waals surface area contributed by atoms with Crippen LogP contribution in [0.1, 0.15) is 24.2 Å². The molecule has 0 aliphatic carbocycles. The van der Waals surface area contributed by atoms with Crippen molar-refractivity contribution in [2.24, 2.45) is 11.7 Å². The molecule has 0 spiro atoms. The van der Waals surface area contributed by atoms with Crippen LogP contribution in [0.3, 0.4) is 0 Å². The Bertz CT molecular complexity index is 311. The van der Waals surface area contributed by atoms with E-state index >= 15 is 0 Å². The Kier molecular flexibility index (Phi) is 2.85. The maximum atomic E-state index is 5.78. The Morgan fingerprint density at radius 1 is 1.50 bits per heavy atom. The van der Waals surface area contributed by atoms with Crippen LogP contribution < -0.4 is 5.73 Å². The second kappa shape index (κ2) is 4.11. The van der Waals surface area contributed by atoms with Crippen molar-refractivity contribution in [1.29, 1.82) is 0 Å². The van der Waals surface area contributed by atoms with Gasteiger partial charge in [0.15, 0.2) is 0 Å². The van der Waals surface area contributed by atoms with Gasteiger partial charge in [0.1, 0.15) is 0 Å². The predicted octanol–water partition coefficient (Wildman–Crippen LogP) is 1.90. The van der Waals surface area contributed by atoms with Gasteiger partial charge in [-0.3, -0.25) is 0 Å². The number of hydrogen-bond acceptors (Lipinski definition) is 2. The van der Waals surface area contributed by atoms with Crippen LogP contribution in [0.15, 0.2) is 24.3 Å². The van der Waals surface area contributed by atoms with Crippen LogP contribution >= 0.6 is 0 Å². The lowest BCUT2D eigenvalue weighted by Crippen LogP contribution is -2.26. The van der Waals surface area contributed by atoms with E-state index in [0.29, 0.717) is 12.5 Å². The van der Waals surface area contributed by atoms with E-state index < -0.39 is 0 Å². The summed E-state index contributed by atoms with van der Waals surface area (Å²) < 4.78 is 5.78. The first-order valence-corrected chi connectivity index (χ1v) is 5.22. The first-order chi connectivity index (χ1) is 6.83. The van der Waals surface area contributed by atoms with Crippen molar-refractivity contribution in [2.75, 3.05) is 13.2 Å². The monoisotopic (exact) mass is 191 g/mol. The van der Waals surface area contributed by atoms with E-state index in [-0.39, 0.29) is 6.10 Å². The van der Waals surface area contributed by atoms with E-state index in [1.165, 1.54) is 11.1 Å². The molecule has 1 aliphatic rings. The summed E-state index contributed by atoms with van der Waals surface area (Å²) in [6.07, 6.45) is 1.23. The summed E-state index contributed by atoms with van der Waals surface area (Å²) in [5.41, 5.74) is 8.43. The molecule has 2 unspecified atom stereocenters. The summed E-state index contributed by atoms with van der Waals surface area (Å²) in [5, 5.41) is 0. The van der Waals surface area contributed by atoms with Crippen LogP contribution in [-0.4, -0.2) is 13.2 Å². The molecule has 1 heterocycles. The van der Waals surface area contributed by atoms with Crippen molar-refractivity contribution in [3.05, 3.63) is 35.4 Å². The molecule has 2 nitrogen and oxygen atoms in total. The number of ether oxygens (including phenoxy) is 1. The zero-order valence-electron chi connectivity index (χ0n) is 8.57. The van der Waals surface area contributed by atoms with Crippen LogP contribution in [0, 0.1) is 5.92 Å². The van der Waals surface area contributed by atoms with Gasteiger partial charge in [0.05, 0.1) is 12.7 Å². The molecule has 0 fully saturated rings. The van der Waals surface area contributed by atoms with Crippen molar-refractivity contribution in [3.63, 3.8) is 0 Å². The number of nitrogens with two attached hydrogens (primary N) is 1. The highest BCUT2D eigenvalue weighted by atomic mass is 16.5. The van der Waals surface area contributed by atoms with Crippen molar-refractivity contribution >= 4 is 0 Å². The first-order valence-electron chi connectivity index (χ1n) is 5.22. The van der Waals surface area contributed by atoms with Crippen LogP contribution in [0.5, 0.6) is 0 Å². The van der Waals surface area contributed by atoms with E-state index in [0.717, 1.165) is 13.0 Å². The maximum absolute atomic E-state index is 5.78. The molecule has 14 heavy (non-hydrogen) atoms. The first kappa shape index (κ1) is 9.69. The molecule has 2 rings (SSSR count). The van der Waals surface area contributed by atoms with Gasteiger partial charge in [0.2, 0.25) is 0 Å². The van der Waals surface area contributed by atoms with Crippen molar-refractivity contribution in [3.8, 4) is 0 Å². The summed E-state index contributed by atoms with van der Waals surface area (Å²) in [7, 11) is 0. The van der Waals surface area contributed by atoms with E-state index in [1.807, 2.05) is 0 Å². The molecular formula is C12H17NO. The lowest BCUT2D eigenvalue weighted by molar-refractivity contribution is 0.00875. The summed E-state index contributed by atoms with van der Waals surface area (Å²) in [4.78, 5) is 0. The van der Waals surface area contributed by atoms with Gasteiger partial charge in [-0.2, -0.15) is 0 Å². The molecule has 1 aliphatic heterocycles. The topological polar surface area (TPSA) is 35.2 Å². The van der Waals surface area contributed by atoms with Crippen LogP contribution in [-0.2, 0) is 11.2 Å². The van der Waals surface area contributed by atoms with E-state index in [4.69, 9.17) is 10.5 Å². The molecule has 76 valence electrons. The average molecular weight is 191 g/mol. The molecule has 2 heteroatoms. The number of benzene rings is 1. The van der Waals surface area contributed by atoms with Crippen molar-refractivity contribution in [2.45, 2.75) is 19.4 Å². The summed E-state index contributed by atoms with van der Waals surface area (Å²) in [5.74, 6) is 0.399. The Hall–Kier alpha value is -0.860. The minimum absolute atomic E-state index is 0.199. The quantitative estimate of drug-likeness (QED) is 0.774. The molecule has 0 saturated carbocycles. The normalized spacial score (nSPS) is 22.9. The summed E-state index contributed by atoms with van der Waals surface area (Å²) >= 11 is 0. The third-order valence-electron chi connectivity index (χ3n) is 2.92. The molecular weight excluding hydrogens is 174 g/mol. The lowest BCUT2D eigenvalue weighted by atomic mass is 9.90. The Morgan fingerprint density at radius 3 is 3.07 bits per heavy atom. The third-order valence-corrected chi connectivity index (χ3v) is 2.92. The summed E-state index contributed by atoms with van der Waals surface area (Å²) in [6, 6.07) is 8.51. The minimum atomic E-state index is 0.199. The van der Waals surface area contributed by atoms with Gasteiger partial charge < -0.3 is 10.5 Å². The average Bonchev–Trinajstić information content (AvgIpc) is 2.27. The second-order valence-electron chi connectivity index (χ2n) is 3.95. The molecule has 0 radical (unpaired) electrons. The van der Waals surface area contributed by atoms with Gasteiger partial charge >= 0.3 is 0 Å². The largest absolute Gasteiger partial charge is 0.373 e. The third kappa shape index (κ3) is 1.68. The number of hydrogen-bond donors (Lipinski definition) is 1. The van der Waals surface area contributed by atoms with Gasteiger partial charge in [-0.25, -0.2) is 0 Å². The molecule has 0 saturated heterocycles. The van der Waals surface area contributed by atoms with Gasteiger partial charge in [0, 0.05) is 0 Å². The van der Waals surface area contributed by atoms with Crippen LogP contribution in [0.4, 0.5) is 0 Å². The molecule has 1 aromatic rings. The molecule has 0 amide bonds. The SMILES string of the molecule is CC(CN)C1OCCc2ccccc21. The highest BCUT2D eigenvalue weighted by Crippen LogP contribution is 2.31. The standard InChI is InChI=1S/C12H17NO/c1-9(8-13)12-11-5-3-2-4-10(11)6-7-14-12/h2-5,9,12H,6-8,13H2,1H3. The Morgan fingerprint density at radius 2 is 2.29 bits per heavy atom.